The number of anilines is 1. The Labute approximate surface area is 184 Å². The Morgan fingerprint density at radius 2 is 1.77 bits per heavy atom. The SMILES string of the molecule is CN(Cc1ccccc1N1CCCCC1)C(=O)/C=C/c1cnn(Cc2ccccc2)c1. The molecule has 4 rings (SSSR count). The zero-order valence-electron chi connectivity index (χ0n) is 18.2. The van der Waals surface area contributed by atoms with Crippen molar-refractivity contribution in [2.24, 2.45) is 0 Å². The highest BCUT2D eigenvalue weighted by Gasteiger charge is 2.16. The normalized spacial score (nSPS) is 14.2. The number of benzene rings is 2. The monoisotopic (exact) mass is 414 g/mol. The third-order valence-electron chi connectivity index (χ3n) is 5.73. The van der Waals surface area contributed by atoms with Crippen LogP contribution in [0.15, 0.2) is 73.1 Å². The number of hydrogen-bond acceptors (Lipinski definition) is 3. The van der Waals surface area contributed by atoms with Crippen LogP contribution < -0.4 is 4.90 Å². The minimum Gasteiger partial charge on any atom is -0.371 e. The van der Waals surface area contributed by atoms with Crippen LogP contribution in [0.2, 0.25) is 0 Å². The van der Waals surface area contributed by atoms with E-state index in [2.05, 4.69) is 46.4 Å². The molecule has 31 heavy (non-hydrogen) atoms. The molecule has 2 heterocycles. The van der Waals surface area contributed by atoms with Crippen LogP contribution >= 0.6 is 0 Å². The fraction of sp³-hybridized carbons (Fsp3) is 0.308. The van der Waals surface area contributed by atoms with Crippen molar-refractivity contribution in [3.8, 4) is 0 Å². The quantitative estimate of drug-likeness (QED) is 0.531. The average Bonchev–Trinajstić information content (AvgIpc) is 3.26. The highest BCUT2D eigenvalue weighted by molar-refractivity contribution is 5.91. The minimum absolute atomic E-state index is 0.00995. The van der Waals surface area contributed by atoms with Gasteiger partial charge in [0.25, 0.3) is 0 Å². The van der Waals surface area contributed by atoms with E-state index < -0.39 is 0 Å². The molecule has 0 N–H and O–H groups in total. The van der Waals surface area contributed by atoms with Crippen molar-refractivity contribution in [2.45, 2.75) is 32.4 Å². The Balaban J connectivity index is 1.37. The lowest BCUT2D eigenvalue weighted by molar-refractivity contribution is -0.125. The zero-order chi connectivity index (χ0) is 21.5. The summed E-state index contributed by atoms with van der Waals surface area (Å²) in [7, 11) is 1.86. The van der Waals surface area contributed by atoms with Crippen molar-refractivity contribution in [1.82, 2.24) is 14.7 Å². The van der Waals surface area contributed by atoms with Gasteiger partial charge < -0.3 is 9.80 Å². The molecule has 5 nitrogen and oxygen atoms in total. The lowest BCUT2D eigenvalue weighted by Crippen LogP contribution is -2.31. The topological polar surface area (TPSA) is 41.4 Å². The summed E-state index contributed by atoms with van der Waals surface area (Å²) in [4.78, 5) is 16.9. The van der Waals surface area contributed by atoms with E-state index in [0.717, 1.165) is 25.2 Å². The first-order valence-corrected chi connectivity index (χ1v) is 11.0. The molecule has 5 heteroatoms. The summed E-state index contributed by atoms with van der Waals surface area (Å²) < 4.78 is 1.89. The number of carbonyl (C=O) groups is 1. The van der Waals surface area contributed by atoms with Crippen molar-refractivity contribution < 1.29 is 4.79 Å². The van der Waals surface area contributed by atoms with Crippen LogP contribution in [0.4, 0.5) is 5.69 Å². The van der Waals surface area contributed by atoms with Gasteiger partial charge in [-0.3, -0.25) is 9.48 Å². The Bertz CT molecular complexity index is 1020. The van der Waals surface area contributed by atoms with Crippen LogP contribution in [0.3, 0.4) is 0 Å². The molecule has 3 aromatic rings. The Kier molecular flexibility index (Phi) is 6.82. The summed E-state index contributed by atoms with van der Waals surface area (Å²) in [6.45, 7) is 3.52. The zero-order valence-corrected chi connectivity index (χ0v) is 18.2. The summed E-state index contributed by atoms with van der Waals surface area (Å²) in [5.74, 6) is -0.00995. The molecule has 1 saturated heterocycles. The maximum atomic E-state index is 12.7. The number of nitrogens with zero attached hydrogens (tertiary/aromatic N) is 4. The van der Waals surface area contributed by atoms with Crippen molar-refractivity contribution in [3.05, 3.63) is 89.8 Å². The van der Waals surface area contributed by atoms with Gasteiger partial charge >= 0.3 is 0 Å². The molecule has 0 bridgehead atoms. The number of carbonyl (C=O) groups excluding carboxylic acids is 1. The lowest BCUT2D eigenvalue weighted by Gasteiger charge is -2.31. The van der Waals surface area contributed by atoms with Crippen LogP contribution in [0.25, 0.3) is 6.08 Å². The van der Waals surface area contributed by atoms with Gasteiger partial charge in [0.1, 0.15) is 0 Å². The predicted octanol–water partition coefficient (Wildman–Crippen LogP) is 4.59. The van der Waals surface area contributed by atoms with Gasteiger partial charge in [0, 0.05) is 50.2 Å². The molecule has 0 atom stereocenters. The van der Waals surface area contributed by atoms with E-state index in [0.29, 0.717) is 6.54 Å². The molecule has 0 radical (unpaired) electrons. The van der Waals surface area contributed by atoms with E-state index in [4.69, 9.17) is 0 Å². The van der Waals surface area contributed by atoms with Crippen molar-refractivity contribution >= 4 is 17.7 Å². The fourth-order valence-corrected chi connectivity index (χ4v) is 4.04. The summed E-state index contributed by atoms with van der Waals surface area (Å²) in [5, 5.41) is 4.40. The van der Waals surface area contributed by atoms with Crippen molar-refractivity contribution in [2.75, 3.05) is 25.0 Å². The summed E-state index contributed by atoms with van der Waals surface area (Å²) in [6, 6.07) is 18.7. The van der Waals surface area contributed by atoms with Crippen molar-refractivity contribution in [3.63, 3.8) is 0 Å². The predicted molar refractivity (Wildman–Crippen MR) is 126 cm³/mol. The standard InChI is InChI=1S/C26H30N4O/c1-28(21-24-12-6-7-13-25(24)29-16-8-3-9-17-29)26(31)15-14-23-18-27-30(20-23)19-22-10-4-2-5-11-22/h2,4-7,10-15,18,20H,3,8-9,16-17,19,21H2,1H3/b15-14+. The number of likely N-dealkylation sites (N-methyl/N-ethyl adjacent to an activating group) is 1. The molecule has 1 aliphatic heterocycles. The van der Waals surface area contributed by atoms with Gasteiger partial charge in [-0.1, -0.05) is 48.5 Å². The van der Waals surface area contributed by atoms with E-state index in [1.807, 2.05) is 42.2 Å². The third-order valence-corrected chi connectivity index (χ3v) is 5.73. The first-order valence-electron chi connectivity index (χ1n) is 11.0. The van der Waals surface area contributed by atoms with E-state index in [-0.39, 0.29) is 5.91 Å². The fourth-order valence-electron chi connectivity index (χ4n) is 4.04. The number of hydrogen-bond donors (Lipinski definition) is 0. The summed E-state index contributed by atoms with van der Waals surface area (Å²) >= 11 is 0. The Morgan fingerprint density at radius 1 is 1.03 bits per heavy atom. The minimum atomic E-state index is -0.00995. The van der Waals surface area contributed by atoms with Gasteiger partial charge in [0.15, 0.2) is 0 Å². The second kappa shape index (κ2) is 10.1. The smallest absolute Gasteiger partial charge is 0.246 e. The molecule has 1 amide bonds. The molecule has 1 aromatic heterocycles. The number of piperidine rings is 1. The highest BCUT2D eigenvalue weighted by atomic mass is 16.2. The number of amides is 1. The van der Waals surface area contributed by atoms with Gasteiger partial charge in [-0.15, -0.1) is 0 Å². The Hall–Kier alpha value is -3.34. The number of para-hydroxylation sites is 1. The molecule has 2 aromatic carbocycles. The molecule has 0 spiro atoms. The second-order valence-corrected chi connectivity index (χ2v) is 8.16. The van der Waals surface area contributed by atoms with Gasteiger partial charge in [0.2, 0.25) is 5.91 Å². The molecule has 0 saturated carbocycles. The molecule has 160 valence electrons. The van der Waals surface area contributed by atoms with Gasteiger partial charge in [-0.05, 0) is 42.5 Å². The van der Waals surface area contributed by atoms with Crippen LogP contribution in [-0.2, 0) is 17.9 Å². The second-order valence-electron chi connectivity index (χ2n) is 8.16. The first-order chi connectivity index (χ1) is 15.2. The van der Waals surface area contributed by atoms with Gasteiger partial charge in [-0.25, -0.2) is 0 Å². The molecular formula is C26H30N4O. The van der Waals surface area contributed by atoms with Gasteiger partial charge in [0.05, 0.1) is 12.7 Å². The Morgan fingerprint density at radius 3 is 2.58 bits per heavy atom. The van der Waals surface area contributed by atoms with Gasteiger partial charge in [-0.2, -0.15) is 5.10 Å². The lowest BCUT2D eigenvalue weighted by atomic mass is 10.1. The van der Waals surface area contributed by atoms with Crippen molar-refractivity contribution in [1.29, 1.82) is 0 Å². The number of aromatic nitrogens is 2. The maximum Gasteiger partial charge on any atom is 0.246 e. The van der Waals surface area contributed by atoms with E-state index in [9.17, 15) is 4.79 Å². The molecule has 0 unspecified atom stereocenters. The number of rotatable bonds is 7. The average molecular weight is 415 g/mol. The van der Waals surface area contributed by atoms with E-state index in [1.54, 1.807) is 17.2 Å². The molecule has 1 aliphatic rings. The van der Waals surface area contributed by atoms with Crippen LogP contribution in [0.5, 0.6) is 0 Å². The largest absolute Gasteiger partial charge is 0.371 e. The molecular weight excluding hydrogens is 384 g/mol. The van der Waals surface area contributed by atoms with Crippen LogP contribution in [-0.4, -0.2) is 40.7 Å². The van der Waals surface area contributed by atoms with Crippen LogP contribution in [0, 0.1) is 0 Å². The summed E-state index contributed by atoms with van der Waals surface area (Å²) in [5.41, 5.74) is 4.58. The maximum absolute atomic E-state index is 12.7. The van der Waals surface area contributed by atoms with E-state index >= 15 is 0 Å². The third kappa shape index (κ3) is 5.63. The first kappa shape index (κ1) is 20.9. The van der Waals surface area contributed by atoms with Crippen LogP contribution in [0.1, 0.15) is 36.0 Å². The summed E-state index contributed by atoms with van der Waals surface area (Å²) in [6.07, 6.45) is 11.0. The van der Waals surface area contributed by atoms with E-state index in [1.165, 1.54) is 36.1 Å². The highest BCUT2D eigenvalue weighted by Crippen LogP contribution is 2.25. The molecule has 1 fully saturated rings. The molecule has 0 aliphatic carbocycles.